The molecule has 0 radical (unpaired) electrons. The maximum atomic E-state index is 14.1. The standard InChI is InChI=1S/C27H26FN5O3/c1-33-9-8-29-25(33)17-36-22-13-20(12-21(14-22)35-16-19-6-2-3-7-23(19)28)26-31-24-11-18(5-4-10-34)15-30-27(24)32-26/h2-3,6-9,11-15,34H,4-5,10,16-17H2,1H3,(H,30,31,32). The monoisotopic (exact) mass is 487 g/mol. The van der Waals surface area contributed by atoms with Crippen molar-refractivity contribution in [3.8, 4) is 22.9 Å². The van der Waals surface area contributed by atoms with E-state index in [4.69, 9.17) is 14.6 Å². The first-order valence-corrected chi connectivity index (χ1v) is 11.7. The molecule has 0 amide bonds. The SMILES string of the molecule is Cn1ccnc1COc1cc(OCc2ccccc2F)cc(-c2nc3ncc(CCCO)cc3[nH]2)c1. The molecule has 0 bridgehead atoms. The van der Waals surface area contributed by atoms with Gasteiger partial charge in [-0.25, -0.2) is 19.3 Å². The third-order valence-corrected chi connectivity index (χ3v) is 5.81. The van der Waals surface area contributed by atoms with Gasteiger partial charge in [0.1, 0.15) is 42.2 Å². The number of halogens is 1. The van der Waals surface area contributed by atoms with Crippen LogP contribution in [-0.2, 0) is 26.7 Å². The van der Waals surface area contributed by atoms with Crippen molar-refractivity contribution in [1.29, 1.82) is 0 Å². The molecule has 0 saturated heterocycles. The first-order valence-electron chi connectivity index (χ1n) is 11.7. The second kappa shape index (κ2) is 10.6. The summed E-state index contributed by atoms with van der Waals surface area (Å²) in [6, 6.07) is 14.0. The fourth-order valence-electron chi connectivity index (χ4n) is 3.84. The van der Waals surface area contributed by atoms with Crippen LogP contribution < -0.4 is 9.47 Å². The number of nitrogens with zero attached hydrogens (tertiary/aromatic N) is 4. The number of aromatic amines is 1. The first-order chi connectivity index (χ1) is 17.6. The molecule has 36 heavy (non-hydrogen) atoms. The summed E-state index contributed by atoms with van der Waals surface area (Å²) >= 11 is 0. The van der Waals surface area contributed by atoms with Gasteiger partial charge in [0.25, 0.3) is 0 Å². The van der Waals surface area contributed by atoms with Gasteiger partial charge in [-0.15, -0.1) is 0 Å². The van der Waals surface area contributed by atoms with Crippen LogP contribution in [0.5, 0.6) is 11.5 Å². The van der Waals surface area contributed by atoms with Crippen LogP contribution in [0.3, 0.4) is 0 Å². The van der Waals surface area contributed by atoms with Crippen molar-refractivity contribution in [3.63, 3.8) is 0 Å². The van der Waals surface area contributed by atoms with Gasteiger partial charge in [-0.2, -0.15) is 0 Å². The van der Waals surface area contributed by atoms with Gasteiger partial charge in [0.2, 0.25) is 0 Å². The van der Waals surface area contributed by atoms with Crippen molar-refractivity contribution >= 4 is 11.2 Å². The fraction of sp³-hybridized carbons (Fsp3) is 0.222. The minimum Gasteiger partial charge on any atom is -0.489 e. The Bertz CT molecular complexity index is 1480. The number of H-pyrrole nitrogens is 1. The lowest BCUT2D eigenvalue weighted by molar-refractivity contribution is 0.280. The Morgan fingerprint density at radius 3 is 2.58 bits per heavy atom. The highest BCUT2D eigenvalue weighted by atomic mass is 19.1. The van der Waals surface area contributed by atoms with Crippen LogP contribution >= 0.6 is 0 Å². The zero-order valence-corrected chi connectivity index (χ0v) is 19.8. The molecule has 0 unspecified atom stereocenters. The quantitative estimate of drug-likeness (QED) is 0.299. The molecule has 0 aliphatic heterocycles. The highest BCUT2D eigenvalue weighted by Crippen LogP contribution is 2.31. The van der Waals surface area contributed by atoms with E-state index >= 15 is 0 Å². The van der Waals surface area contributed by atoms with E-state index in [1.165, 1.54) is 6.07 Å². The van der Waals surface area contributed by atoms with Gasteiger partial charge in [-0.3, -0.25) is 0 Å². The first kappa shape index (κ1) is 23.5. The fourth-order valence-corrected chi connectivity index (χ4v) is 3.84. The summed E-state index contributed by atoms with van der Waals surface area (Å²) in [5.41, 5.74) is 3.61. The van der Waals surface area contributed by atoms with E-state index in [0.29, 0.717) is 35.0 Å². The molecule has 0 spiro atoms. The van der Waals surface area contributed by atoms with Crippen LogP contribution in [-0.4, -0.2) is 36.2 Å². The zero-order chi connectivity index (χ0) is 24.9. The van der Waals surface area contributed by atoms with Crippen LogP contribution in [0.4, 0.5) is 4.39 Å². The average molecular weight is 488 g/mol. The number of nitrogens with one attached hydrogen (secondary N) is 1. The Morgan fingerprint density at radius 1 is 1.03 bits per heavy atom. The summed E-state index contributed by atoms with van der Waals surface area (Å²) in [5, 5.41) is 9.11. The zero-order valence-electron chi connectivity index (χ0n) is 19.8. The van der Waals surface area contributed by atoms with E-state index in [2.05, 4.69) is 19.9 Å². The molecule has 2 N–H and O–H groups in total. The molecule has 8 nitrogen and oxygen atoms in total. The molecule has 0 saturated carbocycles. The number of benzene rings is 2. The van der Waals surface area contributed by atoms with Gasteiger partial charge in [-0.05, 0) is 42.7 Å². The van der Waals surface area contributed by atoms with Crippen LogP contribution in [0.2, 0.25) is 0 Å². The van der Waals surface area contributed by atoms with Crippen molar-refractivity contribution in [1.82, 2.24) is 24.5 Å². The van der Waals surface area contributed by atoms with Gasteiger partial charge >= 0.3 is 0 Å². The Hall–Kier alpha value is -4.24. The smallest absolute Gasteiger partial charge is 0.178 e. The number of aryl methyl sites for hydroxylation is 2. The summed E-state index contributed by atoms with van der Waals surface area (Å²) in [6.45, 7) is 0.480. The Morgan fingerprint density at radius 2 is 1.83 bits per heavy atom. The largest absolute Gasteiger partial charge is 0.489 e. The van der Waals surface area contributed by atoms with E-state index in [-0.39, 0.29) is 25.6 Å². The van der Waals surface area contributed by atoms with Gasteiger partial charge in [0.15, 0.2) is 5.65 Å². The summed E-state index contributed by atoms with van der Waals surface area (Å²) in [4.78, 5) is 16.7. The average Bonchev–Trinajstić information content (AvgIpc) is 3.51. The summed E-state index contributed by atoms with van der Waals surface area (Å²) in [6.07, 6.45) is 6.76. The Balaban J connectivity index is 1.45. The van der Waals surface area contributed by atoms with E-state index in [9.17, 15) is 4.39 Å². The number of imidazole rings is 2. The molecule has 0 aliphatic rings. The Kier molecular flexibility index (Phi) is 6.90. The lowest BCUT2D eigenvalue weighted by Crippen LogP contribution is -2.04. The molecule has 0 atom stereocenters. The molecular weight excluding hydrogens is 461 g/mol. The number of rotatable bonds is 10. The highest BCUT2D eigenvalue weighted by molar-refractivity contribution is 5.77. The molecule has 5 rings (SSSR count). The Labute approximate surface area is 207 Å². The molecular formula is C27H26FN5O3. The van der Waals surface area contributed by atoms with E-state index in [1.54, 1.807) is 36.7 Å². The number of aliphatic hydroxyl groups is 1. The number of fused-ring (bicyclic) bond motifs is 1. The maximum Gasteiger partial charge on any atom is 0.178 e. The van der Waals surface area contributed by atoms with Gasteiger partial charge in [0.05, 0.1) is 5.52 Å². The maximum absolute atomic E-state index is 14.1. The predicted molar refractivity (Wildman–Crippen MR) is 133 cm³/mol. The minimum absolute atomic E-state index is 0.0742. The van der Waals surface area contributed by atoms with Crippen molar-refractivity contribution in [2.75, 3.05) is 6.61 Å². The third kappa shape index (κ3) is 5.36. The summed E-state index contributed by atoms with van der Waals surface area (Å²) in [7, 11) is 1.90. The lowest BCUT2D eigenvalue weighted by Gasteiger charge is -2.12. The highest BCUT2D eigenvalue weighted by Gasteiger charge is 2.13. The molecule has 3 aromatic heterocycles. The van der Waals surface area contributed by atoms with E-state index in [0.717, 1.165) is 28.9 Å². The molecule has 5 aromatic rings. The number of hydrogen-bond acceptors (Lipinski definition) is 6. The summed E-state index contributed by atoms with van der Waals surface area (Å²) < 4.78 is 28.0. The van der Waals surface area contributed by atoms with Gasteiger partial charge in [0, 0.05) is 49.4 Å². The number of pyridine rings is 1. The molecule has 3 heterocycles. The second-order valence-corrected chi connectivity index (χ2v) is 8.44. The molecule has 2 aromatic carbocycles. The lowest BCUT2D eigenvalue weighted by atomic mass is 10.1. The number of hydrogen-bond donors (Lipinski definition) is 2. The topological polar surface area (TPSA) is 98.1 Å². The van der Waals surface area contributed by atoms with Crippen LogP contribution in [0.25, 0.3) is 22.6 Å². The van der Waals surface area contributed by atoms with Crippen molar-refractivity contribution in [2.45, 2.75) is 26.1 Å². The molecule has 184 valence electrons. The number of ether oxygens (including phenoxy) is 2. The molecule has 0 fully saturated rings. The number of aromatic nitrogens is 5. The second-order valence-electron chi connectivity index (χ2n) is 8.44. The normalized spacial score (nSPS) is 11.2. The molecule has 9 heteroatoms. The van der Waals surface area contributed by atoms with E-state index in [1.807, 2.05) is 36.0 Å². The third-order valence-electron chi connectivity index (χ3n) is 5.81. The van der Waals surface area contributed by atoms with Gasteiger partial charge in [-0.1, -0.05) is 18.2 Å². The van der Waals surface area contributed by atoms with E-state index < -0.39 is 0 Å². The molecule has 0 aliphatic carbocycles. The van der Waals surface area contributed by atoms with Gasteiger partial charge < -0.3 is 24.1 Å². The van der Waals surface area contributed by atoms with Crippen LogP contribution in [0.15, 0.2) is 67.1 Å². The van der Waals surface area contributed by atoms with Crippen LogP contribution in [0.1, 0.15) is 23.4 Å². The number of aliphatic hydroxyl groups excluding tert-OH is 1. The predicted octanol–water partition coefficient (Wildman–Crippen LogP) is 4.58. The van der Waals surface area contributed by atoms with Crippen molar-refractivity contribution in [3.05, 3.63) is 89.9 Å². The van der Waals surface area contributed by atoms with Crippen molar-refractivity contribution < 1.29 is 19.0 Å². The van der Waals surface area contributed by atoms with Crippen molar-refractivity contribution in [2.24, 2.45) is 7.05 Å². The van der Waals surface area contributed by atoms with Crippen LogP contribution in [0, 0.1) is 5.82 Å². The summed E-state index contributed by atoms with van der Waals surface area (Å²) in [5.74, 6) is 2.14. The minimum atomic E-state index is -0.319.